The molecule has 0 aromatic heterocycles. The van der Waals surface area contributed by atoms with Crippen LogP contribution in [0.25, 0.3) is 0 Å². The molecule has 2 aromatic rings. The number of nitrogens with one attached hydrogen (secondary N) is 1. The van der Waals surface area contributed by atoms with E-state index in [4.69, 9.17) is 9.47 Å². The highest BCUT2D eigenvalue weighted by atomic mass is 32.2. The van der Waals surface area contributed by atoms with Crippen molar-refractivity contribution in [3.8, 4) is 11.5 Å². The average Bonchev–Trinajstić information content (AvgIpc) is 2.71. The number of halogens is 1. The second-order valence-electron chi connectivity index (χ2n) is 6.87. The van der Waals surface area contributed by atoms with Crippen LogP contribution >= 0.6 is 0 Å². The van der Waals surface area contributed by atoms with Crippen molar-refractivity contribution < 1.29 is 27.1 Å². The molecule has 0 unspecified atom stereocenters. The SMILES string of the molecule is CC(C)C(=O)Nc1cc(S(=O)(=O)N2CCOCC2)ccc1Oc1ccc(F)cc1. The molecule has 0 aliphatic carbocycles. The molecular weight excluding hydrogens is 399 g/mol. The van der Waals surface area contributed by atoms with Gasteiger partial charge in [-0.15, -0.1) is 0 Å². The maximum atomic E-state index is 13.1. The normalized spacial score (nSPS) is 15.3. The monoisotopic (exact) mass is 422 g/mol. The lowest BCUT2D eigenvalue weighted by molar-refractivity contribution is -0.118. The summed E-state index contributed by atoms with van der Waals surface area (Å²) in [6.45, 7) is 4.66. The van der Waals surface area contributed by atoms with Gasteiger partial charge in [-0.25, -0.2) is 12.8 Å². The Balaban J connectivity index is 1.95. The van der Waals surface area contributed by atoms with E-state index in [0.717, 1.165) is 0 Å². The van der Waals surface area contributed by atoms with Crippen LogP contribution in [0.3, 0.4) is 0 Å². The number of sulfonamides is 1. The topological polar surface area (TPSA) is 84.9 Å². The Morgan fingerprint density at radius 1 is 1.14 bits per heavy atom. The number of carbonyl (C=O) groups excluding carboxylic acids is 1. The van der Waals surface area contributed by atoms with Crippen molar-refractivity contribution in [1.29, 1.82) is 0 Å². The standard InChI is InChI=1S/C20H23FN2O5S/c1-14(2)20(24)22-18-13-17(29(25,26)23-9-11-27-12-10-23)7-8-19(18)28-16-5-3-15(21)4-6-16/h3-8,13-14H,9-12H2,1-2H3,(H,22,24). The van der Waals surface area contributed by atoms with E-state index >= 15 is 0 Å². The number of rotatable bonds is 6. The zero-order valence-corrected chi connectivity index (χ0v) is 17.0. The highest BCUT2D eigenvalue weighted by Gasteiger charge is 2.27. The summed E-state index contributed by atoms with van der Waals surface area (Å²) >= 11 is 0. The Bertz CT molecular complexity index is 971. The molecule has 1 saturated heterocycles. The quantitative estimate of drug-likeness (QED) is 0.773. The Hall–Kier alpha value is -2.49. The lowest BCUT2D eigenvalue weighted by Gasteiger charge is -2.26. The molecule has 9 heteroatoms. The van der Waals surface area contributed by atoms with Crippen LogP contribution < -0.4 is 10.1 Å². The zero-order chi connectivity index (χ0) is 21.0. The Labute approximate surface area is 169 Å². The minimum absolute atomic E-state index is 0.0462. The summed E-state index contributed by atoms with van der Waals surface area (Å²) in [4.78, 5) is 12.3. The van der Waals surface area contributed by atoms with Crippen molar-refractivity contribution in [1.82, 2.24) is 4.31 Å². The lowest BCUT2D eigenvalue weighted by Crippen LogP contribution is -2.40. The lowest BCUT2D eigenvalue weighted by atomic mass is 10.2. The summed E-state index contributed by atoms with van der Waals surface area (Å²) in [5.74, 6) is -0.387. The van der Waals surface area contributed by atoms with E-state index in [1.165, 1.54) is 46.8 Å². The maximum absolute atomic E-state index is 13.1. The number of ether oxygens (including phenoxy) is 2. The number of hydrogen-bond donors (Lipinski definition) is 1. The molecule has 0 atom stereocenters. The fourth-order valence-electron chi connectivity index (χ4n) is 2.70. The first kappa shape index (κ1) is 21.2. The van der Waals surface area contributed by atoms with Gasteiger partial charge in [0.2, 0.25) is 15.9 Å². The van der Waals surface area contributed by atoms with Gasteiger partial charge >= 0.3 is 0 Å². The summed E-state index contributed by atoms with van der Waals surface area (Å²) in [5, 5.41) is 2.71. The van der Waals surface area contributed by atoms with Gasteiger partial charge in [0.15, 0.2) is 5.75 Å². The molecule has 1 N–H and O–H groups in total. The summed E-state index contributed by atoms with van der Waals surface area (Å²) in [5.41, 5.74) is 0.224. The van der Waals surface area contributed by atoms with Gasteiger partial charge in [-0.2, -0.15) is 4.31 Å². The third-order valence-electron chi connectivity index (χ3n) is 4.38. The second kappa shape index (κ2) is 8.89. The molecule has 1 heterocycles. The number of benzene rings is 2. The van der Waals surface area contributed by atoms with Crippen LogP contribution in [-0.2, 0) is 19.6 Å². The third kappa shape index (κ3) is 5.11. The molecule has 0 saturated carbocycles. The molecule has 0 radical (unpaired) electrons. The van der Waals surface area contributed by atoms with Crippen LogP contribution in [0.2, 0.25) is 0 Å². The third-order valence-corrected chi connectivity index (χ3v) is 6.28. The van der Waals surface area contributed by atoms with Crippen molar-refractivity contribution in [3.63, 3.8) is 0 Å². The first-order valence-corrected chi connectivity index (χ1v) is 10.7. The molecule has 2 aromatic carbocycles. The van der Waals surface area contributed by atoms with Crippen molar-refractivity contribution in [2.24, 2.45) is 5.92 Å². The number of amides is 1. The van der Waals surface area contributed by atoms with Crippen LogP contribution in [0.1, 0.15) is 13.8 Å². The van der Waals surface area contributed by atoms with Gasteiger partial charge in [-0.1, -0.05) is 13.8 Å². The Morgan fingerprint density at radius 2 is 1.79 bits per heavy atom. The first-order valence-electron chi connectivity index (χ1n) is 9.23. The maximum Gasteiger partial charge on any atom is 0.243 e. The van der Waals surface area contributed by atoms with Gasteiger partial charge in [-0.05, 0) is 42.5 Å². The van der Waals surface area contributed by atoms with Gasteiger partial charge < -0.3 is 14.8 Å². The number of hydrogen-bond acceptors (Lipinski definition) is 5. The summed E-state index contributed by atoms with van der Waals surface area (Å²) < 4.78 is 51.3. The highest BCUT2D eigenvalue weighted by Crippen LogP contribution is 2.33. The van der Waals surface area contributed by atoms with E-state index in [2.05, 4.69) is 5.32 Å². The largest absolute Gasteiger partial charge is 0.455 e. The van der Waals surface area contributed by atoms with E-state index < -0.39 is 15.8 Å². The van der Waals surface area contributed by atoms with Gasteiger partial charge in [0.1, 0.15) is 11.6 Å². The fourth-order valence-corrected chi connectivity index (χ4v) is 4.13. The molecule has 1 aliphatic heterocycles. The van der Waals surface area contributed by atoms with Crippen molar-refractivity contribution in [2.45, 2.75) is 18.7 Å². The van der Waals surface area contributed by atoms with E-state index in [1.807, 2.05) is 0 Å². The van der Waals surface area contributed by atoms with E-state index in [1.54, 1.807) is 13.8 Å². The number of morpholine rings is 1. The molecule has 156 valence electrons. The second-order valence-corrected chi connectivity index (χ2v) is 8.81. The minimum atomic E-state index is -3.74. The van der Waals surface area contributed by atoms with E-state index in [0.29, 0.717) is 19.0 Å². The van der Waals surface area contributed by atoms with Crippen molar-refractivity contribution in [3.05, 3.63) is 48.3 Å². The molecular formula is C20H23FN2O5S. The highest BCUT2D eigenvalue weighted by molar-refractivity contribution is 7.89. The van der Waals surface area contributed by atoms with Crippen molar-refractivity contribution in [2.75, 3.05) is 31.6 Å². The predicted molar refractivity (Wildman–Crippen MR) is 106 cm³/mol. The number of carbonyl (C=O) groups is 1. The minimum Gasteiger partial charge on any atom is -0.455 e. The molecule has 3 rings (SSSR count). The van der Waals surface area contributed by atoms with Crippen LogP contribution in [0.5, 0.6) is 11.5 Å². The molecule has 7 nitrogen and oxygen atoms in total. The van der Waals surface area contributed by atoms with Crippen LogP contribution in [0, 0.1) is 11.7 Å². The van der Waals surface area contributed by atoms with Crippen LogP contribution in [-0.4, -0.2) is 44.9 Å². The molecule has 1 amide bonds. The summed E-state index contributed by atoms with van der Waals surface area (Å²) in [6.07, 6.45) is 0. The van der Waals surface area contributed by atoms with E-state index in [-0.39, 0.29) is 41.2 Å². The Kier molecular flexibility index (Phi) is 6.51. The molecule has 0 bridgehead atoms. The predicted octanol–water partition coefficient (Wildman–Crippen LogP) is 3.23. The van der Waals surface area contributed by atoms with Gasteiger partial charge in [0, 0.05) is 19.0 Å². The smallest absolute Gasteiger partial charge is 0.243 e. The summed E-state index contributed by atoms with van der Waals surface area (Å²) in [7, 11) is -3.74. The average molecular weight is 422 g/mol. The molecule has 1 aliphatic rings. The molecule has 1 fully saturated rings. The van der Waals surface area contributed by atoms with Crippen LogP contribution in [0.15, 0.2) is 47.4 Å². The van der Waals surface area contributed by atoms with Gasteiger partial charge in [0.05, 0.1) is 23.8 Å². The van der Waals surface area contributed by atoms with Gasteiger partial charge in [0.25, 0.3) is 0 Å². The van der Waals surface area contributed by atoms with Crippen LogP contribution in [0.4, 0.5) is 10.1 Å². The van der Waals surface area contributed by atoms with E-state index in [9.17, 15) is 17.6 Å². The molecule has 29 heavy (non-hydrogen) atoms. The Morgan fingerprint density at radius 3 is 2.41 bits per heavy atom. The van der Waals surface area contributed by atoms with Gasteiger partial charge in [-0.3, -0.25) is 4.79 Å². The number of anilines is 1. The number of nitrogens with zero attached hydrogens (tertiary/aromatic N) is 1. The first-order chi connectivity index (χ1) is 13.8. The summed E-state index contributed by atoms with van der Waals surface area (Å²) in [6, 6.07) is 9.67. The molecule has 0 spiro atoms. The fraction of sp³-hybridized carbons (Fsp3) is 0.350. The zero-order valence-electron chi connectivity index (χ0n) is 16.2. The van der Waals surface area contributed by atoms with Crippen molar-refractivity contribution >= 4 is 21.6 Å².